The predicted octanol–water partition coefficient (Wildman–Crippen LogP) is 3.42. The molecule has 2 fully saturated rings. The number of hydrogen-bond acceptors (Lipinski definition) is 2. The molecule has 2 rings (SSSR count). The Morgan fingerprint density at radius 2 is 1.60 bits per heavy atom. The Balaban J connectivity index is 1.81. The standard InChI is InChI=1S/C17H29NO2/c1-13(12-16(19)15-8-4-3-5-9-15)14(2)17(20)18-10-6-7-11-18/h13-15H,3-12H2,1-2H3. The molecular weight excluding hydrogens is 250 g/mol. The molecule has 114 valence electrons. The normalized spacial score (nSPS) is 23.6. The minimum Gasteiger partial charge on any atom is -0.342 e. The summed E-state index contributed by atoms with van der Waals surface area (Å²) in [5.41, 5.74) is 0. The van der Waals surface area contributed by atoms with E-state index in [2.05, 4.69) is 6.92 Å². The fourth-order valence-electron chi connectivity index (χ4n) is 3.55. The van der Waals surface area contributed by atoms with Crippen LogP contribution < -0.4 is 0 Å². The summed E-state index contributed by atoms with van der Waals surface area (Å²) < 4.78 is 0. The highest BCUT2D eigenvalue weighted by Gasteiger charge is 2.30. The van der Waals surface area contributed by atoms with Crippen LogP contribution in [0.2, 0.25) is 0 Å². The summed E-state index contributed by atoms with van der Waals surface area (Å²) in [6.45, 7) is 5.89. The van der Waals surface area contributed by atoms with Crippen molar-refractivity contribution >= 4 is 11.7 Å². The van der Waals surface area contributed by atoms with Gasteiger partial charge in [0.15, 0.2) is 0 Å². The molecule has 1 aliphatic carbocycles. The molecule has 1 aliphatic heterocycles. The fourth-order valence-corrected chi connectivity index (χ4v) is 3.55. The lowest BCUT2D eigenvalue weighted by Gasteiger charge is -2.26. The van der Waals surface area contributed by atoms with Gasteiger partial charge in [-0.05, 0) is 31.6 Å². The highest BCUT2D eigenvalue weighted by atomic mass is 16.2. The van der Waals surface area contributed by atoms with Gasteiger partial charge in [-0.25, -0.2) is 0 Å². The number of amides is 1. The molecular formula is C17H29NO2. The van der Waals surface area contributed by atoms with Crippen LogP contribution in [0.3, 0.4) is 0 Å². The molecule has 0 aromatic heterocycles. The molecule has 2 aliphatic rings. The minimum absolute atomic E-state index is 0.0133. The van der Waals surface area contributed by atoms with Crippen LogP contribution in [0.25, 0.3) is 0 Å². The summed E-state index contributed by atoms with van der Waals surface area (Å²) in [6.07, 6.45) is 8.68. The Kier molecular flexibility index (Phi) is 5.62. The van der Waals surface area contributed by atoms with E-state index >= 15 is 0 Å². The van der Waals surface area contributed by atoms with Gasteiger partial charge in [0.2, 0.25) is 5.91 Å². The Morgan fingerprint density at radius 3 is 2.20 bits per heavy atom. The second kappa shape index (κ2) is 7.24. The molecule has 1 heterocycles. The third kappa shape index (κ3) is 3.83. The van der Waals surface area contributed by atoms with Crippen molar-refractivity contribution in [2.24, 2.45) is 17.8 Å². The number of Topliss-reactive ketones (excluding diaryl/α,β-unsaturated/α-hetero) is 1. The van der Waals surface area contributed by atoms with Gasteiger partial charge in [-0.1, -0.05) is 33.1 Å². The second-order valence-corrected chi connectivity index (χ2v) is 6.80. The predicted molar refractivity (Wildman–Crippen MR) is 80.3 cm³/mol. The lowest BCUT2D eigenvalue weighted by Crippen LogP contribution is -2.36. The average molecular weight is 279 g/mol. The highest BCUT2D eigenvalue weighted by molar-refractivity contribution is 5.83. The number of nitrogens with zero attached hydrogens (tertiary/aromatic N) is 1. The number of carbonyl (C=O) groups excluding carboxylic acids is 2. The first kappa shape index (κ1) is 15.5. The van der Waals surface area contributed by atoms with Crippen molar-refractivity contribution in [2.75, 3.05) is 13.1 Å². The van der Waals surface area contributed by atoms with E-state index in [9.17, 15) is 9.59 Å². The molecule has 3 heteroatoms. The third-order valence-electron chi connectivity index (χ3n) is 5.24. The molecule has 0 N–H and O–H groups in total. The van der Waals surface area contributed by atoms with Gasteiger partial charge in [0.05, 0.1) is 0 Å². The van der Waals surface area contributed by atoms with Crippen LogP contribution in [0.4, 0.5) is 0 Å². The summed E-state index contributed by atoms with van der Waals surface area (Å²) >= 11 is 0. The summed E-state index contributed by atoms with van der Waals surface area (Å²) in [6, 6.07) is 0. The van der Waals surface area contributed by atoms with E-state index in [4.69, 9.17) is 0 Å². The third-order valence-corrected chi connectivity index (χ3v) is 5.24. The van der Waals surface area contributed by atoms with E-state index in [1.807, 2.05) is 11.8 Å². The molecule has 0 bridgehead atoms. The van der Waals surface area contributed by atoms with Gasteiger partial charge in [-0.2, -0.15) is 0 Å². The topological polar surface area (TPSA) is 37.4 Å². The monoisotopic (exact) mass is 279 g/mol. The van der Waals surface area contributed by atoms with E-state index in [0.717, 1.165) is 38.8 Å². The van der Waals surface area contributed by atoms with E-state index in [-0.39, 0.29) is 23.7 Å². The average Bonchev–Trinajstić information content (AvgIpc) is 3.00. The van der Waals surface area contributed by atoms with Gasteiger partial charge < -0.3 is 4.90 Å². The van der Waals surface area contributed by atoms with Crippen LogP contribution in [0, 0.1) is 17.8 Å². The van der Waals surface area contributed by atoms with Gasteiger partial charge >= 0.3 is 0 Å². The smallest absolute Gasteiger partial charge is 0.225 e. The largest absolute Gasteiger partial charge is 0.342 e. The maximum atomic E-state index is 12.4. The van der Waals surface area contributed by atoms with Crippen molar-refractivity contribution in [3.05, 3.63) is 0 Å². The summed E-state index contributed by atoms with van der Waals surface area (Å²) in [7, 11) is 0. The molecule has 1 saturated heterocycles. The summed E-state index contributed by atoms with van der Waals surface area (Å²) in [5.74, 6) is 1.10. The molecule has 0 spiro atoms. The quantitative estimate of drug-likeness (QED) is 0.773. The molecule has 0 aromatic rings. The van der Waals surface area contributed by atoms with Crippen molar-refractivity contribution in [2.45, 2.75) is 65.2 Å². The summed E-state index contributed by atoms with van der Waals surface area (Å²) in [4.78, 5) is 26.7. The van der Waals surface area contributed by atoms with E-state index < -0.39 is 0 Å². The van der Waals surface area contributed by atoms with Crippen LogP contribution in [-0.2, 0) is 9.59 Å². The molecule has 20 heavy (non-hydrogen) atoms. The lowest BCUT2D eigenvalue weighted by molar-refractivity contribution is -0.136. The molecule has 3 nitrogen and oxygen atoms in total. The maximum Gasteiger partial charge on any atom is 0.225 e. The number of rotatable bonds is 5. The van der Waals surface area contributed by atoms with E-state index in [1.54, 1.807) is 0 Å². The summed E-state index contributed by atoms with van der Waals surface area (Å²) in [5, 5.41) is 0. The van der Waals surface area contributed by atoms with Crippen LogP contribution in [0.5, 0.6) is 0 Å². The molecule has 1 amide bonds. The van der Waals surface area contributed by atoms with Crippen LogP contribution in [0.1, 0.15) is 65.2 Å². The molecule has 0 aromatic carbocycles. The van der Waals surface area contributed by atoms with Crippen LogP contribution in [-0.4, -0.2) is 29.7 Å². The molecule has 0 radical (unpaired) electrons. The zero-order chi connectivity index (χ0) is 14.5. The SMILES string of the molecule is CC(CC(=O)C1CCCCC1)C(C)C(=O)N1CCCC1. The van der Waals surface area contributed by atoms with Crippen molar-refractivity contribution in [3.8, 4) is 0 Å². The number of likely N-dealkylation sites (tertiary alicyclic amines) is 1. The lowest BCUT2D eigenvalue weighted by atomic mass is 9.81. The van der Waals surface area contributed by atoms with Crippen molar-refractivity contribution in [1.82, 2.24) is 4.90 Å². The van der Waals surface area contributed by atoms with Crippen LogP contribution in [0.15, 0.2) is 0 Å². The van der Waals surface area contributed by atoms with Gasteiger partial charge in [0.25, 0.3) is 0 Å². The fraction of sp³-hybridized carbons (Fsp3) is 0.882. The van der Waals surface area contributed by atoms with Gasteiger partial charge in [-0.15, -0.1) is 0 Å². The second-order valence-electron chi connectivity index (χ2n) is 6.80. The molecule has 2 atom stereocenters. The zero-order valence-electron chi connectivity index (χ0n) is 13.1. The van der Waals surface area contributed by atoms with Crippen molar-refractivity contribution < 1.29 is 9.59 Å². The van der Waals surface area contributed by atoms with Crippen molar-refractivity contribution in [1.29, 1.82) is 0 Å². The molecule has 2 unspecified atom stereocenters. The first-order valence-electron chi connectivity index (χ1n) is 8.41. The van der Waals surface area contributed by atoms with Crippen LogP contribution >= 0.6 is 0 Å². The van der Waals surface area contributed by atoms with Gasteiger partial charge in [0.1, 0.15) is 5.78 Å². The number of hydrogen-bond donors (Lipinski definition) is 0. The first-order chi connectivity index (χ1) is 9.59. The van der Waals surface area contributed by atoms with E-state index in [0.29, 0.717) is 12.2 Å². The zero-order valence-corrected chi connectivity index (χ0v) is 13.1. The number of ketones is 1. The first-order valence-corrected chi connectivity index (χ1v) is 8.41. The van der Waals surface area contributed by atoms with Gasteiger partial charge in [-0.3, -0.25) is 9.59 Å². The Labute approximate surface area is 123 Å². The maximum absolute atomic E-state index is 12.4. The van der Waals surface area contributed by atoms with Crippen molar-refractivity contribution in [3.63, 3.8) is 0 Å². The minimum atomic E-state index is -0.0133. The van der Waals surface area contributed by atoms with Gasteiger partial charge in [0, 0.05) is 31.3 Å². The Hall–Kier alpha value is -0.860. The number of carbonyl (C=O) groups is 2. The molecule has 1 saturated carbocycles. The Morgan fingerprint density at radius 1 is 1.00 bits per heavy atom. The van der Waals surface area contributed by atoms with E-state index in [1.165, 1.54) is 19.3 Å². The Bertz CT molecular complexity index is 341. The highest BCUT2D eigenvalue weighted by Crippen LogP contribution is 2.28.